The van der Waals surface area contributed by atoms with Crippen LogP contribution in [0.5, 0.6) is 0 Å². The molecule has 1 aliphatic heterocycles. The van der Waals surface area contributed by atoms with E-state index in [1.807, 2.05) is 0 Å². The molecule has 5 heteroatoms. The number of amides is 1. The molecule has 2 rings (SSSR count). The van der Waals surface area contributed by atoms with E-state index in [4.69, 9.17) is 9.84 Å². The molecule has 1 heterocycles. The monoisotopic (exact) mass is 213 g/mol. The summed E-state index contributed by atoms with van der Waals surface area (Å²) in [6.45, 7) is 0.413. The van der Waals surface area contributed by atoms with Crippen LogP contribution in [-0.4, -0.2) is 48.2 Å². The molecule has 84 valence electrons. The molecule has 2 aliphatic rings. The zero-order valence-electron chi connectivity index (χ0n) is 8.73. The molecule has 1 saturated heterocycles. The van der Waals surface area contributed by atoms with Crippen LogP contribution in [0.25, 0.3) is 0 Å². The van der Waals surface area contributed by atoms with Crippen molar-refractivity contribution in [3.8, 4) is 0 Å². The van der Waals surface area contributed by atoms with Gasteiger partial charge in [0.1, 0.15) is 6.54 Å². The summed E-state index contributed by atoms with van der Waals surface area (Å²) in [5.41, 5.74) is 0.00715. The molecule has 0 unspecified atom stereocenters. The maximum atomic E-state index is 11.5. The van der Waals surface area contributed by atoms with Gasteiger partial charge >= 0.3 is 5.97 Å². The summed E-state index contributed by atoms with van der Waals surface area (Å²) < 4.78 is 5.18. The Bertz CT molecular complexity index is 296. The fraction of sp³-hybridized carbons (Fsp3) is 0.800. The summed E-state index contributed by atoms with van der Waals surface area (Å²) in [7, 11) is 1.67. The van der Waals surface area contributed by atoms with Gasteiger partial charge in [0, 0.05) is 25.5 Å². The van der Waals surface area contributed by atoms with Gasteiger partial charge in [-0.25, -0.2) is 0 Å². The van der Waals surface area contributed by atoms with Crippen molar-refractivity contribution < 1.29 is 19.4 Å². The number of aliphatic carboxylic acids is 1. The lowest BCUT2D eigenvalue weighted by Crippen LogP contribution is -2.44. The summed E-state index contributed by atoms with van der Waals surface area (Å²) in [5.74, 6) is -0.977. The predicted octanol–water partition coefficient (Wildman–Crippen LogP) is 0.0985. The van der Waals surface area contributed by atoms with Gasteiger partial charge in [0.2, 0.25) is 5.91 Å². The van der Waals surface area contributed by atoms with Gasteiger partial charge in [-0.2, -0.15) is 0 Å². The normalized spacial score (nSPS) is 34.6. The first-order valence-electron chi connectivity index (χ1n) is 5.07. The van der Waals surface area contributed by atoms with Crippen LogP contribution in [0, 0.1) is 5.41 Å². The van der Waals surface area contributed by atoms with E-state index in [1.165, 1.54) is 4.90 Å². The Balaban J connectivity index is 1.93. The fourth-order valence-electron chi connectivity index (χ4n) is 2.64. The van der Waals surface area contributed by atoms with Gasteiger partial charge in [-0.1, -0.05) is 0 Å². The molecule has 1 spiro atoms. The third-order valence-electron chi connectivity index (χ3n) is 3.39. The lowest BCUT2D eigenvalue weighted by molar-refractivity contribution is -0.142. The van der Waals surface area contributed by atoms with E-state index >= 15 is 0 Å². The minimum Gasteiger partial charge on any atom is -0.480 e. The van der Waals surface area contributed by atoms with Crippen molar-refractivity contribution in [1.29, 1.82) is 0 Å². The number of carboxylic acids is 1. The number of likely N-dealkylation sites (tertiary alicyclic amines) is 1. The molecule has 1 amide bonds. The summed E-state index contributed by atoms with van der Waals surface area (Å²) in [6, 6.07) is 0. The van der Waals surface area contributed by atoms with Crippen molar-refractivity contribution in [2.75, 3.05) is 20.2 Å². The molecule has 0 radical (unpaired) electrons. The highest BCUT2D eigenvalue weighted by molar-refractivity contribution is 5.84. The van der Waals surface area contributed by atoms with Crippen LogP contribution in [-0.2, 0) is 14.3 Å². The molecule has 15 heavy (non-hydrogen) atoms. The van der Waals surface area contributed by atoms with E-state index in [2.05, 4.69) is 0 Å². The second-order valence-corrected chi connectivity index (χ2v) is 4.59. The lowest BCUT2D eigenvalue weighted by atomic mass is 9.66. The maximum Gasteiger partial charge on any atom is 0.323 e. The molecule has 0 atom stereocenters. The summed E-state index contributed by atoms with van der Waals surface area (Å²) in [6.07, 6.45) is 2.50. The number of carbonyl (C=O) groups excluding carboxylic acids is 1. The zero-order chi connectivity index (χ0) is 11.1. The van der Waals surface area contributed by atoms with Crippen LogP contribution in [0.15, 0.2) is 0 Å². The highest BCUT2D eigenvalue weighted by Crippen LogP contribution is 2.49. The van der Waals surface area contributed by atoms with E-state index in [0.717, 1.165) is 12.8 Å². The molecule has 0 aromatic rings. The van der Waals surface area contributed by atoms with E-state index < -0.39 is 5.97 Å². The molecule has 0 aromatic heterocycles. The number of hydrogen-bond donors (Lipinski definition) is 1. The number of rotatable bonds is 3. The number of carboxylic acid groups (broad SMARTS) is 1. The van der Waals surface area contributed by atoms with Crippen LogP contribution in [0.4, 0.5) is 0 Å². The standard InChI is InChI=1S/C10H15NO4/c1-15-7-2-10(3-7)4-8(12)11(6-10)5-9(13)14/h7H,2-6H2,1H3,(H,13,14). The highest BCUT2D eigenvalue weighted by atomic mass is 16.5. The summed E-state index contributed by atoms with van der Waals surface area (Å²) >= 11 is 0. The highest BCUT2D eigenvalue weighted by Gasteiger charge is 2.52. The minimum absolute atomic E-state index is 0.00715. The Morgan fingerprint density at radius 2 is 2.33 bits per heavy atom. The van der Waals surface area contributed by atoms with E-state index in [-0.39, 0.29) is 24.0 Å². The average Bonchev–Trinajstić information content (AvgIpc) is 2.40. The first-order valence-corrected chi connectivity index (χ1v) is 5.07. The SMILES string of the molecule is COC1CC2(CC(=O)N(CC(=O)O)C2)C1. The Labute approximate surface area is 88.0 Å². The van der Waals surface area contributed by atoms with Crippen LogP contribution < -0.4 is 0 Å². The maximum absolute atomic E-state index is 11.5. The largest absolute Gasteiger partial charge is 0.480 e. The predicted molar refractivity (Wildman–Crippen MR) is 51.3 cm³/mol. The Morgan fingerprint density at radius 3 is 2.87 bits per heavy atom. The van der Waals surface area contributed by atoms with Crippen LogP contribution in [0.3, 0.4) is 0 Å². The van der Waals surface area contributed by atoms with Gasteiger partial charge in [0.25, 0.3) is 0 Å². The smallest absolute Gasteiger partial charge is 0.323 e. The average molecular weight is 213 g/mol. The fourth-order valence-corrected chi connectivity index (χ4v) is 2.64. The van der Waals surface area contributed by atoms with Gasteiger partial charge in [-0.3, -0.25) is 9.59 Å². The van der Waals surface area contributed by atoms with Crippen molar-refractivity contribution in [3.05, 3.63) is 0 Å². The molecule has 5 nitrogen and oxygen atoms in total. The van der Waals surface area contributed by atoms with E-state index in [9.17, 15) is 9.59 Å². The number of ether oxygens (including phenoxy) is 1. The molecule has 0 aromatic carbocycles. The Hall–Kier alpha value is -1.10. The minimum atomic E-state index is -0.942. The van der Waals surface area contributed by atoms with Crippen LogP contribution >= 0.6 is 0 Å². The second-order valence-electron chi connectivity index (χ2n) is 4.59. The summed E-state index contributed by atoms with van der Waals surface area (Å²) in [5, 5.41) is 8.63. The summed E-state index contributed by atoms with van der Waals surface area (Å²) in [4.78, 5) is 23.5. The molecule has 1 N–H and O–H groups in total. The van der Waals surface area contributed by atoms with Crippen molar-refractivity contribution in [2.45, 2.75) is 25.4 Å². The molecule has 1 aliphatic carbocycles. The van der Waals surface area contributed by atoms with Gasteiger partial charge < -0.3 is 14.7 Å². The second kappa shape index (κ2) is 3.48. The van der Waals surface area contributed by atoms with Crippen LogP contribution in [0.1, 0.15) is 19.3 Å². The molecular formula is C10H15NO4. The van der Waals surface area contributed by atoms with E-state index in [1.54, 1.807) is 7.11 Å². The van der Waals surface area contributed by atoms with Gasteiger partial charge in [0.05, 0.1) is 6.10 Å². The van der Waals surface area contributed by atoms with E-state index in [0.29, 0.717) is 13.0 Å². The molecule has 2 fully saturated rings. The molecule has 1 saturated carbocycles. The zero-order valence-corrected chi connectivity index (χ0v) is 8.73. The number of hydrogen-bond acceptors (Lipinski definition) is 3. The van der Waals surface area contributed by atoms with Crippen molar-refractivity contribution >= 4 is 11.9 Å². The lowest BCUT2D eigenvalue weighted by Gasteiger charge is -2.43. The Morgan fingerprint density at radius 1 is 1.67 bits per heavy atom. The third-order valence-corrected chi connectivity index (χ3v) is 3.39. The third kappa shape index (κ3) is 1.84. The quantitative estimate of drug-likeness (QED) is 0.722. The van der Waals surface area contributed by atoms with Crippen LogP contribution in [0.2, 0.25) is 0 Å². The number of methoxy groups -OCH3 is 1. The van der Waals surface area contributed by atoms with Gasteiger partial charge in [-0.15, -0.1) is 0 Å². The number of carbonyl (C=O) groups is 2. The van der Waals surface area contributed by atoms with Gasteiger partial charge in [-0.05, 0) is 12.8 Å². The van der Waals surface area contributed by atoms with Gasteiger partial charge in [0.15, 0.2) is 0 Å². The Kier molecular flexibility index (Phi) is 2.42. The van der Waals surface area contributed by atoms with Crippen molar-refractivity contribution in [1.82, 2.24) is 4.90 Å². The van der Waals surface area contributed by atoms with Crippen molar-refractivity contribution in [3.63, 3.8) is 0 Å². The first kappa shape index (κ1) is 10.4. The first-order chi connectivity index (χ1) is 7.04. The molecule has 0 bridgehead atoms. The number of nitrogens with zero attached hydrogens (tertiary/aromatic N) is 1. The topological polar surface area (TPSA) is 66.8 Å². The molecular weight excluding hydrogens is 198 g/mol. The van der Waals surface area contributed by atoms with Crippen molar-refractivity contribution in [2.24, 2.45) is 5.41 Å².